The van der Waals surface area contributed by atoms with Crippen LogP contribution in [0.15, 0.2) is 81.0 Å². The van der Waals surface area contributed by atoms with E-state index in [0.29, 0.717) is 12.1 Å². The van der Waals surface area contributed by atoms with Crippen LogP contribution in [0.25, 0.3) is 11.1 Å². The highest BCUT2D eigenvalue weighted by molar-refractivity contribution is 9.10. The van der Waals surface area contributed by atoms with Crippen LogP contribution in [0.5, 0.6) is 0 Å². The number of piperidine rings is 2. The zero-order valence-electron chi connectivity index (χ0n) is 37.9. The summed E-state index contributed by atoms with van der Waals surface area (Å²) in [7, 11) is 3.05. The number of halogens is 4. The summed E-state index contributed by atoms with van der Waals surface area (Å²) < 4.78 is 12.7. The van der Waals surface area contributed by atoms with Crippen molar-refractivity contribution in [2.75, 3.05) is 47.1 Å². The smallest absolute Gasteiger partial charge is 0.373 e. The van der Waals surface area contributed by atoms with Gasteiger partial charge >= 0.3 is 7.05 Å². The summed E-state index contributed by atoms with van der Waals surface area (Å²) >= 11 is 20.0. The van der Waals surface area contributed by atoms with Gasteiger partial charge in [-0.25, -0.2) is 0 Å². The van der Waals surface area contributed by atoms with Crippen molar-refractivity contribution in [3.05, 3.63) is 136 Å². The molecule has 2 aliphatic heterocycles. The molecule has 3 N–H and O–H groups in total. The van der Waals surface area contributed by atoms with Gasteiger partial charge in [-0.2, -0.15) is 0 Å². The predicted octanol–water partition coefficient (Wildman–Crippen LogP) is 11.3. The highest BCUT2D eigenvalue weighted by Gasteiger charge is 2.32. The minimum atomic E-state index is -0.499. The van der Waals surface area contributed by atoms with Gasteiger partial charge in [-0.1, -0.05) is 53.4 Å². The first-order chi connectivity index (χ1) is 31.0. The number of aryl methyl sites for hydroxylation is 4. The third-order valence-corrected chi connectivity index (χ3v) is 14.6. The average molecular weight is 1040 g/mol. The molecule has 2 fully saturated rings. The molecule has 0 saturated carbocycles. The Bertz CT molecular complexity index is 2180. The number of methoxy groups -OCH3 is 2. The number of nitrogens with zero attached hydrogens (tertiary/aromatic N) is 3. The first-order valence-electron chi connectivity index (χ1n) is 23.3. The lowest BCUT2D eigenvalue weighted by molar-refractivity contribution is 0.131. The lowest BCUT2D eigenvalue weighted by Crippen LogP contribution is -2.51. The lowest BCUT2D eigenvalue weighted by atomic mass is 9.84. The first kappa shape index (κ1) is 49.5. The minimum Gasteiger partial charge on any atom is -0.437 e. The molecule has 4 aromatic rings. The van der Waals surface area contributed by atoms with Crippen LogP contribution >= 0.6 is 55.1 Å². The Kier molecular flexibility index (Phi) is 18.6. The minimum absolute atomic E-state index is 0.268. The molecule has 2 aromatic carbocycles. The largest absolute Gasteiger partial charge is 0.437 e. The number of hydrogen-bond donors (Lipinski definition) is 3. The number of pyridine rings is 2. The number of aromatic nitrogens is 2. The van der Waals surface area contributed by atoms with Crippen LogP contribution in [0, 0.1) is 0 Å². The van der Waals surface area contributed by atoms with E-state index in [2.05, 4.69) is 90.6 Å². The Hall–Kier alpha value is -2.42. The van der Waals surface area contributed by atoms with Crippen molar-refractivity contribution < 1.29 is 14.5 Å². The first-order valence-corrected chi connectivity index (χ1v) is 25.6. The van der Waals surface area contributed by atoms with Crippen LogP contribution in [0.3, 0.4) is 0 Å². The fourth-order valence-corrected chi connectivity index (χ4v) is 11.4. The van der Waals surface area contributed by atoms with Gasteiger partial charge in [0.2, 0.25) is 0 Å². The van der Waals surface area contributed by atoms with Gasteiger partial charge in [0.05, 0.1) is 11.4 Å². The number of ether oxygens (including phenoxy) is 2. The van der Waals surface area contributed by atoms with Crippen LogP contribution < -0.4 is 10.5 Å². The number of hydrogen-bond acceptors (Lipinski definition) is 8. The zero-order valence-corrected chi connectivity index (χ0v) is 42.6. The van der Waals surface area contributed by atoms with Crippen molar-refractivity contribution in [2.24, 2.45) is 0 Å². The Balaban J connectivity index is 0.000000197. The third-order valence-electron chi connectivity index (χ3n) is 13.3. The van der Waals surface area contributed by atoms with Gasteiger partial charge in [0.1, 0.15) is 0 Å². The summed E-state index contributed by atoms with van der Waals surface area (Å²) in [5.41, 5.74) is 15.8. The fourth-order valence-electron chi connectivity index (χ4n) is 10.2. The molecular weight excluding hydrogens is 972 g/mol. The average Bonchev–Trinajstić information content (AvgIpc) is 3.54. The fraction of sp³-hybridized carbons (Fsp3) is 0.490. The van der Waals surface area contributed by atoms with Crippen LogP contribution in [-0.4, -0.2) is 92.1 Å². The molecule has 64 heavy (non-hydrogen) atoms. The molecule has 342 valence electrons. The molecular formula is C51H64BBr2Cl2N5O3. The molecule has 4 aliphatic rings. The van der Waals surface area contributed by atoms with Crippen LogP contribution in [0.4, 0.5) is 0 Å². The molecule has 2 saturated heterocycles. The number of benzene rings is 2. The van der Waals surface area contributed by atoms with Crippen molar-refractivity contribution >= 4 is 73.3 Å². The van der Waals surface area contributed by atoms with E-state index in [-0.39, 0.29) is 6.04 Å². The molecule has 8 rings (SSSR count). The highest BCUT2D eigenvalue weighted by Crippen LogP contribution is 2.42. The lowest BCUT2D eigenvalue weighted by Gasteiger charge is -2.40. The molecule has 8 nitrogen and oxygen atoms in total. The van der Waals surface area contributed by atoms with Gasteiger partial charge < -0.3 is 25.0 Å². The second-order valence-electron chi connectivity index (χ2n) is 17.8. The van der Waals surface area contributed by atoms with E-state index < -0.39 is 7.05 Å². The topological polar surface area (TPSA) is 91.8 Å². The number of rotatable bonds is 13. The molecule has 1 unspecified atom stereocenters. The monoisotopic (exact) mass is 1030 g/mol. The Morgan fingerprint density at radius 1 is 0.781 bits per heavy atom. The van der Waals surface area contributed by atoms with E-state index in [0.717, 1.165) is 147 Å². The molecule has 4 heterocycles. The second kappa shape index (κ2) is 24.0. The second-order valence-corrected chi connectivity index (χ2v) is 20.5. The zero-order chi connectivity index (χ0) is 45.2. The van der Waals surface area contributed by atoms with E-state index in [9.17, 15) is 5.02 Å². The molecule has 13 heteroatoms. The van der Waals surface area contributed by atoms with E-state index in [1.54, 1.807) is 21.0 Å². The summed E-state index contributed by atoms with van der Waals surface area (Å²) in [6.45, 7) is 8.55. The molecule has 0 radical (unpaired) electrons. The maximum absolute atomic E-state index is 9.91. The van der Waals surface area contributed by atoms with Crippen LogP contribution in [0.2, 0.25) is 16.9 Å². The Labute approximate surface area is 408 Å². The molecule has 0 amide bonds. The van der Waals surface area contributed by atoms with Crippen molar-refractivity contribution in [3.63, 3.8) is 0 Å². The predicted molar refractivity (Wildman–Crippen MR) is 273 cm³/mol. The van der Waals surface area contributed by atoms with Gasteiger partial charge in [-0.15, -0.1) is 0 Å². The number of likely N-dealkylation sites (tertiary alicyclic amines) is 1. The maximum Gasteiger partial charge on any atom is 0.373 e. The standard InChI is InChI=1S/C28H38BBrClN3O2.C23H26BrClN2O/c1-4-24(33-29(2)35)18-34-12-11-20(16-25(34)6-5-13-36-3)27-26-10-9-23(31)15-19(26)7-8-21-14-22(30)17-32-28(21)27;1-28-10-2-3-20-13-16(8-9-26-20)22-21-7-6-19(25)12-15(21)4-5-17-11-18(24)14-27-23(17)22/h9-10,14-15,17,24-25,33,35H,4-8,11-13,16,18H2,1-3H3;6-7,11-12,14,20,26H,2-5,8-10,13H2,1H3/b27-20-;22-16-/t24?,25-;20-/m00/s1. The third kappa shape index (κ3) is 12.8. The van der Waals surface area contributed by atoms with Gasteiger partial charge in [0.25, 0.3) is 0 Å². The van der Waals surface area contributed by atoms with Crippen molar-refractivity contribution in [3.8, 4) is 0 Å². The van der Waals surface area contributed by atoms with E-state index in [1.807, 2.05) is 24.5 Å². The van der Waals surface area contributed by atoms with E-state index >= 15 is 0 Å². The van der Waals surface area contributed by atoms with Crippen molar-refractivity contribution in [2.45, 2.75) is 115 Å². The van der Waals surface area contributed by atoms with Crippen LogP contribution in [-0.2, 0) is 35.2 Å². The summed E-state index contributed by atoms with van der Waals surface area (Å²) in [5, 5.41) is 18.5. The van der Waals surface area contributed by atoms with Gasteiger partial charge in [-0.05, 0) is 198 Å². The summed E-state index contributed by atoms with van der Waals surface area (Å²) in [6.07, 6.45) is 17.3. The summed E-state index contributed by atoms with van der Waals surface area (Å²) in [6, 6.07) is 18.4. The number of fused-ring (bicyclic) bond motifs is 4. The molecule has 3 atom stereocenters. The molecule has 2 aromatic heterocycles. The van der Waals surface area contributed by atoms with E-state index in [1.165, 1.54) is 55.7 Å². The SMILES string of the molecule is CCC(CN1CC/C(=C2\c3ccc(Cl)cc3CCc3cc(Br)cnc32)C[C@@H]1CCCOC)NB(C)O.COCCC[C@H]1C/C(=C2/c3ccc(Cl)cc3CCc3cc(Br)cnc32)CCN1. The molecule has 0 bridgehead atoms. The summed E-state index contributed by atoms with van der Waals surface area (Å²) in [4.78, 5) is 12.5. The molecule has 2 aliphatic carbocycles. The van der Waals surface area contributed by atoms with Crippen molar-refractivity contribution in [1.29, 1.82) is 0 Å². The quantitative estimate of drug-likeness (QED) is 0.0901. The maximum atomic E-state index is 9.91. The molecule has 0 spiro atoms. The highest BCUT2D eigenvalue weighted by atomic mass is 79.9. The van der Waals surface area contributed by atoms with Crippen LogP contribution in [0.1, 0.15) is 109 Å². The van der Waals surface area contributed by atoms with Gasteiger partial charge in [-0.3, -0.25) is 14.9 Å². The Morgan fingerprint density at radius 3 is 1.88 bits per heavy atom. The number of nitrogens with one attached hydrogen (secondary N) is 2. The van der Waals surface area contributed by atoms with Gasteiger partial charge in [0.15, 0.2) is 0 Å². The van der Waals surface area contributed by atoms with Gasteiger partial charge in [0, 0.05) is 101 Å². The van der Waals surface area contributed by atoms with E-state index in [4.69, 9.17) is 42.6 Å². The Morgan fingerprint density at radius 2 is 1.33 bits per heavy atom. The normalized spacial score (nSPS) is 21.3. The summed E-state index contributed by atoms with van der Waals surface area (Å²) in [5.74, 6) is 0. The van der Waals surface area contributed by atoms with Crippen molar-refractivity contribution in [1.82, 2.24) is 25.4 Å².